The Morgan fingerprint density at radius 2 is 1.65 bits per heavy atom. The fourth-order valence-electron chi connectivity index (χ4n) is 3.75. The number of aromatic amines is 1. The number of phenols is 1. The molecule has 0 saturated heterocycles. The lowest BCUT2D eigenvalue weighted by molar-refractivity contribution is -0.140. The highest BCUT2D eigenvalue weighted by Gasteiger charge is 2.15. The monoisotopic (exact) mass is 421 g/mol. The molecular formula is C25H21F2NO3. The molecule has 3 aromatic carbocycles. The minimum atomic E-state index is -0.683. The number of nitrogens with one attached hydrogen (secondary N) is 1. The fraction of sp³-hybridized carbons (Fsp3) is 0.160. The first-order valence-corrected chi connectivity index (χ1v) is 9.92. The molecule has 0 aliphatic rings. The van der Waals surface area contributed by atoms with Crippen LogP contribution in [-0.2, 0) is 16.0 Å². The average molecular weight is 421 g/mol. The van der Waals surface area contributed by atoms with Crippen molar-refractivity contribution in [3.63, 3.8) is 0 Å². The predicted molar refractivity (Wildman–Crippen MR) is 116 cm³/mol. The summed E-state index contributed by atoms with van der Waals surface area (Å²) in [5.74, 6) is -1.67. The highest BCUT2D eigenvalue weighted by atomic mass is 19.1. The molecule has 0 aliphatic heterocycles. The summed E-state index contributed by atoms with van der Waals surface area (Å²) in [5, 5.41) is 10.4. The normalized spacial score (nSPS) is 11.1. The van der Waals surface area contributed by atoms with Crippen LogP contribution >= 0.6 is 0 Å². The third-order valence-corrected chi connectivity index (χ3v) is 5.36. The van der Waals surface area contributed by atoms with E-state index in [4.69, 9.17) is 4.74 Å². The van der Waals surface area contributed by atoms with Gasteiger partial charge in [-0.05, 0) is 83.6 Å². The van der Waals surface area contributed by atoms with Gasteiger partial charge < -0.3 is 14.8 Å². The molecule has 0 bridgehead atoms. The number of carbonyl (C=O) groups excluding carboxylic acids is 1. The number of phenolic OH excluding ortho intramolecular Hbond substituents is 1. The van der Waals surface area contributed by atoms with Gasteiger partial charge in [-0.3, -0.25) is 4.79 Å². The zero-order chi connectivity index (χ0) is 22.0. The summed E-state index contributed by atoms with van der Waals surface area (Å²) in [6.45, 7) is 0. The summed E-state index contributed by atoms with van der Waals surface area (Å²) in [6.07, 6.45) is 1.48. The molecule has 158 valence electrons. The van der Waals surface area contributed by atoms with E-state index >= 15 is 0 Å². The number of aryl methyl sites for hydroxylation is 1. The Balaban J connectivity index is 1.80. The number of fused-ring (bicyclic) bond motifs is 1. The molecule has 1 heterocycles. The fourth-order valence-corrected chi connectivity index (χ4v) is 3.75. The third-order valence-electron chi connectivity index (χ3n) is 5.36. The van der Waals surface area contributed by atoms with E-state index in [2.05, 4.69) is 4.98 Å². The van der Waals surface area contributed by atoms with Gasteiger partial charge >= 0.3 is 5.97 Å². The predicted octanol–water partition coefficient (Wildman–Crippen LogP) is 5.98. The van der Waals surface area contributed by atoms with Crippen LogP contribution in [0.1, 0.15) is 18.4 Å². The maximum absolute atomic E-state index is 13.9. The van der Waals surface area contributed by atoms with Crippen molar-refractivity contribution in [1.82, 2.24) is 4.98 Å². The molecular weight excluding hydrogens is 400 g/mol. The molecule has 0 spiro atoms. The van der Waals surface area contributed by atoms with Crippen molar-refractivity contribution >= 4 is 16.9 Å². The number of halogens is 2. The Labute approximate surface area is 178 Å². The second-order valence-corrected chi connectivity index (χ2v) is 7.34. The largest absolute Gasteiger partial charge is 0.505 e. The van der Waals surface area contributed by atoms with Gasteiger partial charge in [0.25, 0.3) is 0 Å². The summed E-state index contributed by atoms with van der Waals surface area (Å²) >= 11 is 0. The van der Waals surface area contributed by atoms with Crippen LogP contribution in [0.5, 0.6) is 5.75 Å². The highest BCUT2D eigenvalue weighted by Crippen LogP contribution is 2.35. The molecule has 0 atom stereocenters. The molecule has 0 aliphatic carbocycles. The second-order valence-electron chi connectivity index (χ2n) is 7.34. The number of benzene rings is 3. The molecule has 2 N–H and O–H groups in total. The Hall–Kier alpha value is -3.67. The highest BCUT2D eigenvalue weighted by molar-refractivity contribution is 5.94. The molecule has 1 aromatic heterocycles. The maximum Gasteiger partial charge on any atom is 0.305 e. The Morgan fingerprint density at radius 3 is 2.35 bits per heavy atom. The van der Waals surface area contributed by atoms with Gasteiger partial charge in [0, 0.05) is 23.0 Å². The van der Waals surface area contributed by atoms with E-state index in [0.717, 1.165) is 33.3 Å². The third kappa shape index (κ3) is 4.28. The van der Waals surface area contributed by atoms with Crippen LogP contribution in [0, 0.1) is 11.6 Å². The van der Waals surface area contributed by atoms with Crippen LogP contribution < -0.4 is 0 Å². The van der Waals surface area contributed by atoms with Crippen LogP contribution in [-0.4, -0.2) is 23.2 Å². The van der Waals surface area contributed by atoms with E-state index in [1.54, 1.807) is 18.2 Å². The van der Waals surface area contributed by atoms with Crippen molar-refractivity contribution in [3.8, 4) is 28.1 Å². The number of hydrogen-bond donors (Lipinski definition) is 2. The SMILES string of the molecule is COC(=O)CCCc1c(-c2ccc(F)cc2)[nH]c2ccc(-c3ccc(O)c(F)c3)cc12. The van der Waals surface area contributed by atoms with E-state index in [-0.39, 0.29) is 18.2 Å². The van der Waals surface area contributed by atoms with Crippen molar-refractivity contribution in [3.05, 3.63) is 77.9 Å². The molecule has 0 unspecified atom stereocenters. The van der Waals surface area contributed by atoms with Crippen LogP contribution in [0.25, 0.3) is 33.3 Å². The first kappa shape index (κ1) is 20.6. The van der Waals surface area contributed by atoms with Crippen LogP contribution in [0.2, 0.25) is 0 Å². The van der Waals surface area contributed by atoms with Gasteiger partial charge in [-0.2, -0.15) is 0 Å². The van der Waals surface area contributed by atoms with E-state index in [0.29, 0.717) is 18.4 Å². The zero-order valence-electron chi connectivity index (χ0n) is 16.9. The van der Waals surface area contributed by atoms with E-state index in [1.807, 2.05) is 18.2 Å². The number of aromatic hydroxyl groups is 1. The quantitative estimate of drug-likeness (QED) is 0.377. The second kappa shape index (κ2) is 8.60. The first-order chi connectivity index (χ1) is 15.0. The summed E-state index contributed by atoms with van der Waals surface area (Å²) in [4.78, 5) is 15.0. The van der Waals surface area contributed by atoms with Gasteiger partial charge in [0.2, 0.25) is 0 Å². The average Bonchev–Trinajstić information content (AvgIpc) is 3.13. The molecule has 0 radical (unpaired) electrons. The lowest BCUT2D eigenvalue weighted by Gasteiger charge is -2.07. The Kier molecular flexibility index (Phi) is 5.71. The molecule has 4 nitrogen and oxygen atoms in total. The van der Waals surface area contributed by atoms with Crippen LogP contribution in [0.3, 0.4) is 0 Å². The maximum atomic E-state index is 13.9. The van der Waals surface area contributed by atoms with Gasteiger partial charge in [-0.25, -0.2) is 8.78 Å². The van der Waals surface area contributed by atoms with Gasteiger partial charge in [0.15, 0.2) is 11.6 Å². The molecule has 4 rings (SSSR count). The zero-order valence-corrected chi connectivity index (χ0v) is 16.9. The lowest BCUT2D eigenvalue weighted by atomic mass is 9.97. The summed E-state index contributed by atoms with van der Waals surface area (Å²) in [7, 11) is 1.36. The van der Waals surface area contributed by atoms with Crippen LogP contribution in [0.4, 0.5) is 8.78 Å². The molecule has 0 fully saturated rings. The lowest BCUT2D eigenvalue weighted by Crippen LogP contribution is -2.00. The number of H-pyrrole nitrogens is 1. The number of methoxy groups -OCH3 is 1. The topological polar surface area (TPSA) is 62.3 Å². The molecule has 0 amide bonds. The van der Waals surface area contributed by atoms with Crippen molar-refractivity contribution < 1.29 is 23.4 Å². The van der Waals surface area contributed by atoms with E-state index in [1.165, 1.54) is 31.4 Å². The molecule has 6 heteroatoms. The Bertz CT molecular complexity index is 1250. The number of aromatic nitrogens is 1. The number of carbonyl (C=O) groups is 1. The molecule has 31 heavy (non-hydrogen) atoms. The number of esters is 1. The standard InChI is InChI=1S/C25H21F2NO3/c1-31-24(30)4-2-3-19-20-13-16(17-8-12-23(29)21(27)14-17)7-11-22(20)28-25(19)15-5-9-18(26)10-6-15/h5-14,28-29H,2-4H2,1H3. The first-order valence-electron chi connectivity index (χ1n) is 9.92. The van der Waals surface area contributed by atoms with E-state index < -0.39 is 11.6 Å². The summed E-state index contributed by atoms with van der Waals surface area (Å²) < 4.78 is 32.0. The van der Waals surface area contributed by atoms with Crippen molar-refractivity contribution in [1.29, 1.82) is 0 Å². The van der Waals surface area contributed by atoms with Crippen molar-refractivity contribution in [2.75, 3.05) is 7.11 Å². The van der Waals surface area contributed by atoms with Crippen LogP contribution in [0.15, 0.2) is 60.7 Å². The van der Waals surface area contributed by atoms with E-state index in [9.17, 15) is 18.7 Å². The summed E-state index contributed by atoms with van der Waals surface area (Å²) in [5.41, 5.74) is 5.01. The molecule has 4 aromatic rings. The van der Waals surface area contributed by atoms with Crippen molar-refractivity contribution in [2.45, 2.75) is 19.3 Å². The Morgan fingerprint density at radius 1 is 0.968 bits per heavy atom. The summed E-state index contributed by atoms with van der Waals surface area (Å²) in [6, 6.07) is 16.2. The molecule has 0 saturated carbocycles. The van der Waals surface area contributed by atoms with Gasteiger partial charge in [0.1, 0.15) is 5.82 Å². The minimum Gasteiger partial charge on any atom is -0.505 e. The number of rotatable bonds is 6. The number of hydrogen-bond acceptors (Lipinski definition) is 3. The number of ether oxygens (including phenoxy) is 1. The van der Waals surface area contributed by atoms with Gasteiger partial charge in [0.05, 0.1) is 7.11 Å². The minimum absolute atomic E-state index is 0.275. The van der Waals surface area contributed by atoms with Gasteiger partial charge in [-0.1, -0.05) is 12.1 Å². The van der Waals surface area contributed by atoms with Gasteiger partial charge in [-0.15, -0.1) is 0 Å². The smallest absolute Gasteiger partial charge is 0.305 e. The van der Waals surface area contributed by atoms with Crippen molar-refractivity contribution in [2.24, 2.45) is 0 Å².